The van der Waals surface area contributed by atoms with Gasteiger partial charge in [-0.2, -0.15) is 0 Å². The topological polar surface area (TPSA) is 56.7 Å². The minimum atomic E-state index is 0.521. The van der Waals surface area contributed by atoms with Crippen LogP contribution in [0.4, 0.5) is 0 Å². The standard InChI is InChI=1S/C14H15ClN4O/c1-9-3-4-11-14(17-9)19(12(18-11)5-6-15)8-13-16-7-10(2)20-13/h3-4,7H,5-6,8H2,1-2H3. The normalized spacial score (nSPS) is 11.3. The van der Waals surface area contributed by atoms with Gasteiger partial charge in [-0.1, -0.05) is 0 Å². The molecule has 0 fully saturated rings. The molecule has 3 heterocycles. The molecule has 20 heavy (non-hydrogen) atoms. The maximum atomic E-state index is 5.86. The second-order valence-corrected chi connectivity index (χ2v) is 5.09. The van der Waals surface area contributed by atoms with Gasteiger partial charge in [0, 0.05) is 18.0 Å². The highest BCUT2D eigenvalue weighted by atomic mass is 35.5. The monoisotopic (exact) mass is 290 g/mol. The number of pyridine rings is 1. The molecule has 0 spiro atoms. The molecule has 0 unspecified atom stereocenters. The minimum absolute atomic E-state index is 0.521. The molecule has 3 rings (SSSR count). The summed E-state index contributed by atoms with van der Waals surface area (Å²) in [5.41, 5.74) is 2.68. The molecule has 104 valence electrons. The number of rotatable bonds is 4. The molecule has 0 radical (unpaired) electrons. The fourth-order valence-electron chi connectivity index (χ4n) is 2.19. The van der Waals surface area contributed by atoms with E-state index >= 15 is 0 Å². The minimum Gasteiger partial charge on any atom is -0.444 e. The van der Waals surface area contributed by atoms with Gasteiger partial charge in [0.15, 0.2) is 5.65 Å². The van der Waals surface area contributed by atoms with Gasteiger partial charge in [-0.05, 0) is 26.0 Å². The van der Waals surface area contributed by atoms with Crippen LogP contribution in [-0.2, 0) is 13.0 Å². The van der Waals surface area contributed by atoms with Crippen LogP contribution in [0.15, 0.2) is 22.7 Å². The first-order valence-electron chi connectivity index (χ1n) is 6.47. The lowest BCUT2D eigenvalue weighted by Crippen LogP contribution is -2.07. The van der Waals surface area contributed by atoms with Crippen LogP contribution in [0.1, 0.15) is 23.2 Å². The van der Waals surface area contributed by atoms with Gasteiger partial charge in [0.05, 0.1) is 6.20 Å². The Bertz CT molecular complexity index is 747. The second-order valence-electron chi connectivity index (χ2n) is 4.71. The summed E-state index contributed by atoms with van der Waals surface area (Å²) in [6.45, 7) is 4.37. The number of halogens is 1. The zero-order valence-corrected chi connectivity index (χ0v) is 12.2. The Labute approximate surface area is 121 Å². The van der Waals surface area contributed by atoms with Crippen LogP contribution in [0.2, 0.25) is 0 Å². The van der Waals surface area contributed by atoms with Crippen LogP contribution in [0, 0.1) is 13.8 Å². The van der Waals surface area contributed by atoms with Gasteiger partial charge >= 0.3 is 0 Å². The molecule has 0 saturated carbocycles. The zero-order chi connectivity index (χ0) is 14.1. The van der Waals surface area contributed by atoms with Crippen molar-refractivity contribution in [3.63, 3.8) is 0 Å². The highest BCUT2D eigenvalue weighted by Crippen LogP contribution is 2.17. The Hall–Kier alpha value is -1.88. The molecular formula is C14H15ClN4O. The average molecular weight is 291 g/mol. The fourth-order valence-corrected chi connectivity index (χ4v) is 2.36. The Kier molecular flexibility index (Phi) is 3.44. The molecule has 0 N–H and O–H groups in total. The highest BCUT2D eigenvalue weighted by Gasteiger charge is 2.14. The van der Waals surface area contributed by atoms with Crippen molar-refractivity contribution in [2.24, 2.45) is 0 Å². The summed E-state index contributed by atoms with van der Waals surface area (Å²) in [6, 6.07) is 3.94. The summed E-state index contributed by atoms with van der Waals surface area (Å²) in [5, 5.41) is 0. The van der Waals surface area contributed by atoms with Crippen molar-refractivity contribution in [2.45, 2.75) is 26.8 Å². The summed E-state index contributed by atoms with van der Waals surface area (Å²) in [6.07, 6.45) is 2.41. The Balaban J connectivity index is 2.09. The lowest BCUT2D eigenvalue weighted by atomic mass is 10.3. The van der Waals surface area contributed by atoms with Crippen molar-refractivity contribution in [1.82, 2.24) is 19.5 Å². The molecule has 0 aliphatic rings. The van der Waals surface area contributed by atoms with E-state index < -0.39 is 0 Å². The van der Waals surface area contributed by atoms with Crippen molar-refractivity contribution < 1.29 is 4.42 Å². The zero-order valence-electron chi connectivity index (χ0n) is 11.4. The van der Waals surface area contributed by atoms with Gasteiger partial charge < -0.3 is 8.98 Å². The maximum Gasteiger partial charge on any atom is 0.214 e. The van der Waals surface area contributed by atoms with E-state index in [0.29, 0.717) is 24.7 Å². The van der Waals surface area contributed by atoms with Gasteiger partial charge in [0.25, 0.3) is 0 Å². The third-order valence-corrected chi connectivity index (χ3v) is 3.28. The largest absolute Gasteiger partial charge is 0.444 e. The molecule has 0 saturated heterocycles. The average Bonchev–Trinajstić information content (AvgIpc) is 2.96. The number of aromatic nitrogens is 4. The van der Waals surface area contributed by atoms with Crippen LogP contribution in [0.25, 0.3) is 11.2 Å². The van der Waals surface area contributed by atoms with Gasteiger partial charge in [-0.25, -0.2) is 15.0 Å². The molecule has 3 aromatic heterocycles. The van der Waals surface area contributed by atoms with Crippen molar-refractivity contribution in [3.8, 4) is 0 Å². The Morgan fingerprint density at radius 1 is 1.25 bits per heavy atom. The molecule has 0 aromatic carbocycles. The number of oxazole rings is 1. The summed E-state index contributed by atoms with van der Waals surface area (Å²) in [5.74, 6) is 2.88. The van der Waals surface area contributed by atoms with Crippen LogP contribution in [0.5, 0.6) is 0 Å². The van der Waals surface area contributed by atoms with E-state index in [4.69, 9.17) is 16.0 Å². The fraction of sp³-hybridized carbons (Fsp3) is 0.357. The smallest absolute Gasteiger partial charge is 0.214 e. The van der Waals surface area contributed by atoms with E-state index in [2.05, 4.69) is 15.0 Å². The lowest BCUT2D eigenvalue weighted by molar-refractivity contribution is 0.456. The van der Waals surface area contributed by atoms with E-state index in [9.17, 15) is 0 Å². The molecule has 0 atom stereocenters. The number of imidazole rings is 1. The molecule has 0 amide bonds. The van der Waals surface area contributed by atoms with Gasteiger partial charge in [0.1, 0.15) is 23.6 Å². The third kappa shape index (κ3) is 2.41. The van der Waals surface area contributed by atoms with Gasteiger partial charge in [-0.3, -0.25) is 0 Å². The van der Waals surface area contributed by atoms with Gasteiger partial charge in [0.2, 0.25) is 5.89 Å². The number of nitrogens with zero attached hydrogens (tertiary/aromatic N) is 4. The maximum absolute atomic E-state index is 5.86. The quantitative estimate of drug-likeness (QED) is 0.693. The number of hydrogen-bond acceptors (Lipinski definition) is 4. The summed E-state index contributed by atoms with van der Waals surface area (Å²) in [4.78, 5) is 13.4. The number of fused-ring (bicyclic) bond motifs is 1. The summed E-state index contributed by atoms with van der Waals surface area (Å²) >= 11 is 5.86. The Morgan fingerprint density at radius 3 is 2.80 bits per heavy atom. The summed E-state index contributed by atoms with van der Waals surface area (Å²) in [7, 11) is 0. The SMILES string of the molecule is Cc1ccc2nc(CCCl)n(Cc3ncc(C)o3)c2n1. The molecule has 6 heteroatoms. The molecule has 3 aromatic rings. The van der Waals surface area contributed by atoms with E-state index in [1.165, 1.54) is 0 Å². The van der Waals surface area contributed by atoms with Crippen molar-refractivity contribution in [2.75, 3.05) is 5.88 Å². The summed E-state index contributed by atoms with van der Waals surface area (Å²) < 4.78 is 7.57. The molecule has 0 aliphatic carbocycles. The first kappa shape index (κ1) is 13.1. The molecule has 5 nitrogen and oxygen atoms in total. The lowest BCUT2D eigenvalue weighted by Gasteiger charge is -2.05. The predicted molar refractivity (Wildman–Crippen MR) is 77.0 cm³/mol. The van der Waals surface area contributed by atoms with E-state index in [1.807, 2.05) is 30.5 Å². The number of alkyl halides is 1. The number of aryl methyl sites for hydroxylation is 3. The second kappa shape index (κ2) is 5.25. The van der Waals surface area contributed by atoms with E-state index in [0.717, 1.165) is 28.4 Å². The molecule has 0 aliphatic heterocycles. The van der Waals surface area contributed by atoms with E-state index in [1.54, 1.807) is 6.20 Å². The third-order valence-electron chi connectivity index (χ3n) is 3.09. The first-order chi connectivity index (χ1) is 9.67. The van der Waals surface area contributed by atoms with Crippen molar-refractivity contribution in [1.29, 1.82) is 0 Å². The predicted octanol–water partition coefficient (Wildman–Crippen LogP) is 2.87. The molecule has 0 bridgehead atoms. The number of hydrogen-bond donors (Lipinski definition) is 0. The van der Waals surface area contributed by atoms with Crippen LogP contribution in [-0.4, -0.2) is 25.4 Å². The van der Waals surface area contributed by atoms with Gasteiger partial charge in [-0.15, -0.1) is 11.6 Å². The van der Waals surface area contributed by atoms with E-state index in [-0.39, 0.29) is 0 Å². The van der Waals surface area contributed by atoms with Crippen LogP contribution < -0.4 is 0 Å². The van der Waals surface area contributed by atoms with Crippen molar-refractivity contribution >= 4 is 22.8 Å². The van der Waals surface area contributed by atoms with Crippen LogP contribution in [0.3, 0.4) is 0 Å². The molecular weight excluding hydrogens is 276 g/mol. The highest BCUT2D eigenvalue weighted by molar-refractivity contribution is 6.17. The van der Waals surface area contributed by atoms with Crippen LogP contribution >= 0.6 is 11.6 Å². The van der Waals surface area contributed by atoms with Crippen molar-refractivity contribution in [3.05, 3.63) is 41.5 Å². The Morgan fingerprint density at radius 2 is 2.10 bits per heavy atom. The first-order valence-corrected chi connectivity index (χ1v) is 7.01.